The molecule has 0 rings (SSSR count). The Morgan fingerprint density at radius 2 is 1.15 bits per heavy atom. The molecule has 0 aliphatic heterocycles. The summed E-state index contributed by atoms with van der Waals surface area (Å²) in [6.07, 6.45) is 4.93. The molecule has 0 aliphatic rings. The van der Waals surface area contributed by atoms with Gasteiger partial charge in [0, 0.05) is 0 Å². The molecule has 158 valence electrons. The number of carboxylic acid groups (broad SMARTS) is 3. The summed E-state index contributed by atoms with van der Waals surface area (Å²) in [5, 5.41) is 38.2. The van der Waals surface area contributed by atoms with Crippen molar-refractivity contribution in [3.63, 3.8) is 0 Å². The lowest BCUT2D eigenvalue weighted by atomic mass is 9.84. The van der Waals surface area contributed by atoms with E-state index in [-0.39, 0.29) is 25.7 Å². The highest BCUT2D eigenvalue weighted by Crippen LogP contribution is 2.26. The number of unbranched alkanes of at least 4 members (excludes halogenated alkanes) is 3. The monoisotopic (exact) mass is 388 g/mol. The Kier molecular flexibility index (Phi) is 13.6. The second-order valence-corrected chi connectivity index (χ2v) is 7.45. The Balaban J connectivity index is 4.77. The van der Waals surface area contributed by atoms with Crippen molar-refractivity contribution in [1.29, 1.82) is 0 Å². The van der Waals surface area contributed by atoms with Crippen LogP contribution in [-0.2, 0) is 14.4 Å². The van der Waals surface area contributed by atoms with Gasteiger partial charge in [0.2, 0.25) is 0 Å². The first-order valence-corrected chi connectivity index (χ1v) is 10.1. The Labute approximate surface area is 161 Å². The van der Waals surface area contributed by atoms with Crippen LogP contribution in [0, 0.1) is 17.8 Å². The van der Waals surface area contributed by atoms with Gasteiger partial charge in [-0.05, 0) is 38.5 Å². The van der Waals surface area contributed by atoms with E-state index in [1.165, 1.54) is 0 Å². The van der Waals surface area contributed by atoms with Crippen LogP contribution in [-0.4, -0.2) is 44.4 Å². The molecule has 0 fully saturated rings. The molecule has 0 radical (unpaired) electrons. The highest BCUT2D eigenvalue weighted by atomic mass is 16.4. The van der Waals surface area contributed by atoms with Crippen LogP contribution in [0.5, 0.6) is 0 Å². The predicted molar refractivity (Wildman–Crippen MR) is 102 cm³/mol. The normalized spacial score (nSPS) is 15.7. The van der Waals surface area contributed by atoms with Crippen LogP contribution in [0.2, 0.25) is 0 Å². The fourth-order valence-electron chi connectivity index (χ4n) is 3.30. The van der Waals surface area contributed by atoms with Crippen molar-refractivity contribution < 1.29 is 34.8 Å². The lowest BCUT2D eigenvalue weighted by Crippen LogP contribution is -2.27. The van der Waals surface area contributed by atoms with Gasteiger partial charge in [0.25, 0.3) is 0 Å². The third-order valence-corrected chi connectivity index (χ3v) is 5.08. The summed E-state index contributed by atoms with van der Waals surface area (Å²) >= 11 is 0. The van der Waals surface area contributed by atoms with E-state index in [0.29, 0.717) is 12.8 Å². The molecule has 0 aromatic carbocycles. The van der Waals surface area contributed by atoms with Crippen LogP contribution in [0.3, 0.4) is 0 Å². The fourth-order valence-corrected chi connectivity index (χ4v) is 3.30. The first-order valence-electron chi connectivity index (χ1n) is 10.1. The van der Waals surface area contributed by atoms with Crippen molar-refractivity contribution in [3.05, 3.63) is 0 Å². The minimum atomic E-state index is -1.11. The molecule has 27 heavy (non-hydrogen) atoms. The standard InChI is InChI=1S/C20H36O7/c1-3-5-7-9-17(21)13-16(20(26)27)12-15(19(24)25)11-10-14(18(22)23)8-6-4-2/h14-17,21H,3-13H2,1-2H3,(H,22,23)(H,24,25)(H,26,27)/t14?,15?,16?,17-/m0/s1. The van der Waals surface area contributed by atoms with E-state index < -0.39 is 41.8 Å². The Morgan fingerprint density at radius 1 is 0.630 bits per heavy atom. The van der Waals surface area contributed by atoms with Gasteiger partial charge in [-0.3, -0.25) is 14.4 Å². The molecule has 0 aliphatic carbocycles. The highest BCUT2D eigenvalue weighted by molar-refractivity contribution is 5.74. The van der Waals surface area contributed by atoms with Gasteiger partial charge in [0.05, 0.1) is 23.9 Å². The molecule has 0 saturated heterocycles. The summed E-state index contributed by atoms with van der Waals surface area (Å²) in [7, 11) is 0. The number of hydrogen-bond acceptors (Lipinski definition) is 4. The first-order chi connectivity index (χ1) is 12.7. The molecule has 7 heteroatoms. The first kappa shape index (κ1) is 25.4. The molecule has 0 aromatic rings. The minimum Gasteiger partial charge on any atom is -0.481 e. The molecule has 7 nitrogen and oxygen atoms in total. The Hall–Kier alpha value is -1.63. The molecule has 0 aromatic heterocycles. The van der Waals surface area contributed by atoms with Crippen LogP contribution in [0.25, 0.3) is 0 Å². The van der Waals surface area contributed by atoms with Crippen molar-refractivity contribution in [1.82, 2.24) is 0 Å². The van der Waals surface area contributed by atoms with E-state index >= 15 is 0 Å². The zero-order valence-corrected chi connectivity index (χ0v) is 16.6. The fraction of sp³-hybridized carbons (Fsp3) is 0.850. The Morgan fingerprint density at radius 3 is 1.63 bits per heavy atom. The largest absolute Gasteiger partial charge is 0.481 e. The van der Waals surface area contributed by atoms with Crippen molar-refractivity contribution in [3.8, 4) is 0 Å². The number of aliphatic hydroxyl groups excluding tert-OH is 1. The number of aliphatic hydroxyl groups is 1. The van der Waals surface area contributed by atoms with Crippen molar-refractivity contribution in [2.75, 3.05) is 0 Å². The molecular weight excluding hydrogens is 352 g/mol. The molecule has 0 bridgehead atoms. The second-order valence-electron chi connectivity index (χ2n) is 7.45. The van der Waals surface area contributed by atoms with Crippen molar-refractivity contribution in [2.45, 2.75) is 90.6 Å². The van der Waals surface area contributed by atoms with Crippen molar-refractivity contribution >= 4 is 17.9 Å². The van der Waals surface area contributed by atoms with Gasteiger partial charge in [0.1, 0.15) is 0 Å². The van der Waals surface area contributed by atoms with Crippen LogP contribution in [0.1, 0.15) is 84.5 Å². The van der Waals surface area contributed by atoms with Gasteiger partial charge in [-0.25, -0.2) is 0 Å². The maximum Gasteiger partial charge on any atom is 0.306 e. The van der Waals surface area contributed by atoms with E-state index in [0.717, 1.165) is 32.1 Å². The molecule has 0 amide bonds. The average Bonchev–Trinajstić information content (AvgIpc) is 2.59. The van der Waals surface area contributed by atoms with Crippen LogP contribution in [0.15, 0.2) is 0 Å². The van der Waals surface area contributed by atoms with Gasteiger partial charge in [-0.1, -0.05) is 46.0 Å². The third-order valence-electron chi connectivity index (χ3n) is 5.08. The number of aliphatic carboxylic acids is 3. The SMILES string of the molecule is CCCCC[C@H](O)CC(CC(CCC(CCCC)C(=O)O)C(=O)O)C(=O)O. The van der Waals surface area contributed by atoms with E-state index in [9.17, 15) is 34.8 Å². The minimum absolute atomic E-state index is 0.0288. The van der Waals surface area contributed by atoms with E-state index in [4.69, 9.17) is 0 Å². The van der Waals surface area contributed by atoms with E-state index in [2.05, 4.69) is 0 Å². The summed E-state index contributed by atoms with van der Waals surface area (Å²) < 4.78 is 0. The second kappa shape index (κ2) is 14.4. The van der Waals surface area contributed by atoms with E-state index in [1.807, 2.05) is 13.8 Å². The zero-order chi connectivity index (χ0) is 20.8. The summed E-state index contributed by atoms with van der Waals surface area (Å²) in [4.78, 5) is 34.4. The van der Waals surface area contributed by atoms with Crippen molar-refractivity contribution in [2.24, 2.45) is 17.8 Å². The van der Waals surface area contributed by atoms with Crippen LogP contribution < -0.4 is 0 Å². The van der Waals surface area contributed by atoms with Gasteiger partial charge >= 0.3 is 17.9 Å². The van der Waals surface area contributed by atoms with Crippen LogP contribution in [0.4, 0.5) is 0 Å². The number of hydrogen-bond donors (Lipinski definition) is 4. The number of rotatable bonds is 17. The summed E-state index contributed by atoms with van der Waals surface area (Å²) in [5.41, 5.74) is 0. The van der Waals surface area contributed by atoms with Gasteiger partial charge in [-0.2, -0.15) is 0 Å². The summed E-state index contributed by atoms with van der Waals surface area (Å²) in [5.74, 6) is -5.62. The third kappa shape index (κ3) is 11.6. The summed E-state index contributed by atoms with van der Waals surface area (Å²) in [6, 6.07) is 0. The lowest BCUT2D eigenvalue weighted by molar-refractivity contribution is -0.148. The lowest BCUT2D eigenvalue weighted by Gasteiger charge is -2.21. The maximum absolute atomic E-state index is 11.5. The molecular formula is C20H36O7. The molecule has 3 unspecified atom stereocenters. The Bertz CT molecular complexity index is 450. The van der Waals surface area contributed by atoms with Gasteiger partial charge < -0.3 is 20.4 Å². The molecule has 4 N–H and O–H groups in total. The number of carbonyl (C=O) groups is 3. The zero-order valence-electron chi connectivity index (χ0n) is 16.6. The molecule has 0 spiro atoms. The number of carboxylic acids is 3. The quantitative estimate of drug-likeness (QED) is 0.279. The molecule has 0 saturated carbocycles. The molecule has 4 atom stereocenters. The van der Waals surface area contributed by atoms with Gasteiger partial charge in [0.15, 0.2) is 0 Å². The van der Waals surface area contributed by atoms with E-state index in [1.54, 1.807) is 0 Å². The predicted octanol–water partition coefficient (Wildman–Crippen LogP) is 3.78. The maximum atomic E-state index is 11.5. The highest BCUT2D eigenvalue weighted by Gasteiger charge is 2.30. The smallest absolute Gasteiger partial charge is 0.306 e. The summed E-state index contributed by atoms with van der Waals surface area (Å²) in [6.45, 7) is 4.00. The molecule has 0 heterocycles. The van der Waals surface area contributed by atoms with Crippen LogP contribution >= 0.6 is 0 Å². The van der Waals surface area contributed by atoms with Gasteiger partial charge in [-0.15, -0.1) is 0 Å². The topological polar surface area (TPSA) is 132 Å². The average molecular weight is 389 g/mol.